The third kappa shape index (κ3) is 3.16. The maximum absolute atomic E-state index is 12.0. The molecule has 0 radical (unpaired) electrons. The molecule has 0 bridgehead atoms. The number of carbonyl (C=O) groups is 1. The lowest BCUT2D eigenvalue weighted by Gasteiger charge is -2.16. The second kappa shape index (κ2) is 7.08. The zero-order valence-corrected chi connectivity index (χ0v) is 14.4. The summed E-state index contributed by atoms with van der Waals surface area (Å²) in [5.74, 6) is 0.861. The van der Waals surface area contributed by atoms with E-state index in [0.29, 0.717) is 12.2 Å². The van der Waals surface area contributed by atoms with Gasteiger partial charge in [0, 0.05) is 17.5 Å². The number of fused-ring (bicyclic) bond motifs is 1. The number of hydrogen-bond acceptors (Lipinski definition) is 3. The molecular weight excluding hydrogens is 300 g/mol. The molecule has 126 valence electrons. The predicted octanol–water partition coefficient (Wildman–Crippen LogP) is 4.40. The van der Waals surface area contributed by atoms with E-state index in [1.807, 2.05) is 13.0 Å². The minimum atomic E-state index is -0.0785. The van der Waals surface area contributed by atoms with Gasteiger partial charge in [-0.2, -0.15) is 0 Å². The fraction of sp³-hybridized carbons (Fsp3) is 0.381. The van der Waals surface area contributed by atoms with Gasteiger partial charge in [0.2, 0.25) is 0 Å². The fourth-order valence-electron chi connectivity index (χ4n) is 3.61. The van der Waals surface area contributed by atoms with E-state index < -0.39 is 0 Å². The molecule has 1 N–H and O–H groups in total. The van der Waals surface area contributed by atoms with Crippen LogP contribution in [0.2, 0.25) is 0 Å². The molecule has 0 unspecified atom stereocenters. The monoisotopic (exact) mass is 324 g/mol. The molecule has 1 heterocycles. The van der Waals surface area contributed by atoms with Gasteiger partial charge in [0.05, 0.1) is 12.2 Å². The van der Waals surface area contributed by atoms with Crippen LogP contribution in [0.3, 0.4) is 0 Å². The van der Waals surface area contributed by atoms with Crippen LogP contribution < -0.4 is 4.74 Å². The largest absolute Gasteiger partial charge is 0.507 e. The molecule has 3 heteroatoms. The molecule has 3 rings (SSSR count). The Balaban J connectivity index is 1.77. The Labute approximate surface area is 143 Å². The van der Waals surface area contributed by atoms with Crippen molar-refractivity contribution in [3.05, 3.63) is 58.1 Å². The zero-order valence-electron chi connectivity index (χ0n) is 14.4. The van der Waals surface area contributed by atoms with Gasteiger partial charge >= 0.3 is 0 Å². The van der Waals surface area contributed by atoms with Crippen LogP contribution in [0.25, 0.3) is 0 Å². The van der Waals surface area contributed by atoms with Crippen molar-refractivity contribution < 1.29 is 14.6 Å². The third-order valence-electron chi connectivity index (χ3n) is 4.83. The molecule has 3 nitrogen and oxygen atoms in total. The number of phenols is 1. The van der Waals surface area contributed by atoms with E-state index in [0.717, 1.165) is 54.5 Å². The van der Waals surface area contributed by atoms with Gasteiger partial charge in [-0.1, -0.05) is 30.3 Å². The number of carbonyl (C=O) groups excluding carboxylic acids is 1. The number of phenolic OH excluding ortho intramolecular Hbond substituents is 1. The van der Waals surface area contributed by atoms with E-state index in [1.54, 1.807) is 0 Å². The highest BCUT2D eigenvalue weighted by Crippen LogP contribution is 2.42. The Bertz CT molecular complexity index is 748. The highest BCUT2D eigenvalue weighted by atomic mass is 16.5. The molecule has 0 spiro atoms. The molecule has 1 aliphatic heterocycles. The average molecular weight is 324 g/mol. The summed E-state index contributed by atoms with van der Waals surface area (Å²) in [6.45, 7) is 4.06. The Morgan fingerprint density at radius 2 is 1.88 bits per heavy atom. The summed E-state index contributed by atoms with van der Waals surface area (Å²) in [5.41, 5.74) is 4.58. The first-order chi connectivity index (χ1) is 11.6. The summed E-state index contributed by atoms with van der Waals surface area (Å²) < 4.78 is 5.77. The first kappa shape index (κ1) is 16.6. The van der Waals surface area contributed by atoms with Crippen molar-refractivity contribution in [1.82, 2.24) is 0 Å². The summed E-state index contributed by atoms with van der Waals surface area (Å²) in [4.78, 5) is 12.0. The van der Waals surface area contributed by atoms with E-state index in [2.05, 4.69) is 24.3 Å². The van der Waals surface area contributed by atoms with Crippen molar-refractivity contribution in [2.45, 2.75) is 46.0 Å². The minimum absolute atomic E-state index is 0.0785. The molecule has 0 aliphatic carbocycles. The molecule has 0 saturated heterocycles. The van der Waals surface area contributed by atoms with Crippen LogP contribution in [0.4, 0.5) is 0 Å². The molecule has 0 amide bonds. The summed E-state index contributed by atoms with van der Waals surface area (Å²) in [7, 11) is 0. The Hall–Kier alpha value is -2.29. The van der Waals surface area contributed by atoms with Crippen molar-refractivity contribution in [2.75, 3.05) is 6.61 Å². The van der Waals surface area contributed by atoms with Gasteiger partial charge in [-0.25, -0.2) is 0 Å². The standard InChI is InChI=1S/C21H24O3/c1-14-17-12-13-24-21(17)18(20(23)19(14)15(2)22)11-7-6-10-16-8-4-3-5-9-16/h3-5,8-9,23H,6-7,10-13H2,1-2H3. The number of aryl methyl sites for hydroxylation is 1. The lowest BCUT2D eigenvalue weighted by Crippen LogP contribution is -2.04. The van der Waals surface area contributed by atoms with Gasteiger partial charge in [0.1, 0.15) is 11.5 Å². The molecule has 0 saturated carbocycles. The van der Waals surface area contributed by atoms with E-state index in [-0.39, 0.29) is 11.5 Å². The van der Waals surface area contributed by atoms with Gasteiger partial charge in [-0.05, 0) is 50.7 Å². The molecular formula is C21H24O3. The molecule has 0 atom stereocenters. The van der Waals surface area contributed by atoms with Crippen LogP contribution in [0, 0.1) is 6.92 Å². The number of Topliss-reactive ketones (excluding diaryl/α,β-unsaturated/α-hetero) is 1. The van der Waals surface area contributed by atoms with Crippen molar-refractivity contribution >= 4 is 5.78 Å². The fourth-order valence-corrected chi connectivity index (χ4v) is 3.61. The van der Waals surface area contributed by atoms with Crippen LogP contribution in [-0.4, -0.2) is 17.5 Å². The number of ether oxygens (including phenoxy) is 1. The topological polar surface area (TPSA) is 46.5 Å². The second-order valence-corrected chi connectivity index (χ2v) is 6.48. The number of aromatic hydroxyl groups is 1. The van der Waals surface area contributed by atoms with Crippen LogP contribution in [0.5, 0.6) is 11.5 Å². The number of unbranched alkanes of at least 4 members (excludes halogenated alkanes) is 1. The average Bonchev–Trinajstić information content (AvgIpc) is 3.04. The summed E-state index contributed by atoms with van der Waals surface area (Å²) >= 11 is 0. The SMILES string of the molecule is CC(=O)c1c(C)c2c(c(CCCCc3ccccc3)c1O)OCC2. The number of ketones is 1. The first-order valence-corrected chi connectivity index (χ1v) is 8.64. The quantitative estimate of drug-likeness (QED) is 0.632. The van der Waals surface area contributed by atoms with E-state index >= 15 is 0 Å². The van der Waals surface area contributed by atoms with Crippen molar-refractivity contribution in [3.8, 4) is 11.5 Å². The normalized spacial score (nSPS) is 12.8. The number of hydrogen-bond donors (Lipinski definition) is 1. The highest BCUT2D eigenvalue weighted by Gasteiger charge is 2.27. The molecule has 24 heavy (non-hydrogen) atoms. The third-order valence-corrected chi connectivity index (χ3v) is 4.83. The molecule has 2 aromatic carbocycles. The van der Waals surface area contributed by atoms with Crippen molar-refractivity contribution in [1.29, 1.82) is 0 Å². The highest BCUT2D eigenvalue weighted by molar-refractivity contribution is 5.99. The van der Waals surface area contributed by atoms with Crippen molar-refractivity contribution in [3.63, 3.8) is 0 Å². The molecule has 0 fully saturated rings. The molecule has 2 aromatic rings. The van der Waals surface area contributed by atoms with Crippen LogP contribution >= 0.6 is 0 Å². The van der Waals surface area contributed by atoms with Gasteiger partial charge in [-0.3, -0.25) is 4.79 Å². The van der Waals surface area contributed by atoms with Crippen molar-refractivity contribution in [2.24, 2.45) is 0 Å². The number of rotatable bonds is 6. The lowest BCUT2D eigenvalue weighted by molar-refractivity contribution is 0.101. The van der Waals surface area contributed by atoms with Gasteiger partial charge < -0.3 is 9.84 Å². The smallest absolute Gasteiger partial charge is 0.163 e. The van der Waals surface area contributed by atoms with E-state index in [1.165, 1.54) is 12.5 Å². The minimum Gasteiger partial charge on any atom is -0.507 e. The maximum atomic E-state index is 12.0. The Kier molecular flexibility index (Phi) is 4.89. The second-order valence-electron chi connectivity index (χ2n) is 6.48. The summed E-state index contributed by atoms with van der Waals surface area (Å²) in [6, 6.07) is 10.4. The zero-order chi connectivity index (χ0) is 17.1. The Morgan fingerprint density at radius 3 is 2.58 bits per heavy atom. The van der Waals surface area contributed by atoms with Gasteiger partial charge in [0.15, 0.2) is 5.78 Å². The van der Waals surface area contributed by atoms with Gasteiger partial charge in [-0.15, -0.1) is 0 Å². The van der Waals surface area contributed by atoms with E-state index in [4.69, 9.17) is 4.74 Å². The summed E-state index contributed by atoms with van der Waals surface area (Å²) in [5, 5.41) is 10.6. The first-order valence-electron chi connectivity index (χ1n) is 8.64. The lowest BCUT2D eigenvalue weighted by atomic mass is 9.91. The predicted molar refractivity (Wildman–Crippen MR) is 95.1 cm³/mol. The summed E-state index contributed by atoms with van der Waals surface area (Å²) in [6.07, 6.45) is 4.58. The van der Waals surface area contributed by atoms with Crippen LogP contribution in [0.15, 0.2) is 30.3 Å². The van der Waals surface area contributed by atoms with Gasteiger partial charge in [0.25, 0.3) is 0 Å². The maximum Gasteiger partial charge on any atom is 0.163 e. The van der Waals surface area contributed by atoms with E-state index in [9.17, 15) is 9.90 Å². The van der Waals surface area contributed by atoms with Crippen LogP contribution in [-0.2, 0) is 19.3 Å². The number of benzene rings is 2. The Morgan fingerprint density at radius 1 is 1.17 bits per heavy atom. The molecule has 0 aromatic heterocycles. The molecule has 1 aliphatic rings. The van der Waals surface area contributed by atoms with Crippen LogP contribution in [0.1, 0.15) is 52.4 Å².